The van der Waals surface area contributed by atoms with Crippen LogP contribution in [0.2, 0.25) is 0 Å². The number of rotatable bonds is 3. The number of nitrogens with zero attached hydrogens (tertiary/aromatic N) is 1. The maximum atomic E-state index is 12.5. The summed E-state index contributed by atoms with van der Waals surface area (Å²) in [4.78, 5) is 18.6. The average Bonchev–Trinajstić information content (AvgIpc) is 3.02. The molecular formula is C17H25N3O2S. The summed E-state index contributed by atoms with van der Waals surface area (Å²) in [6, 6.07) is 0.348. The number of ether oxygens (including phenoxy) is 1. The first-order valence-corrected chi connectivity index (χ1v) is 9.71. The molecule has 1 saturated carbocycles. The molecule has 1 aromatic rings. The van der Waals surface area contributed by atoms with E-state index >= 15 is 0 Å². The van der Waals surface area contributed by atoms with Crippen molar-refractivity contribution >= 4 is 17.2 Å². The summed E-state index contributed by atoms with van der Waals surface area (Å²) in [6.07, 6.45) is 7.92. The first kappa shape index (κ1) is 15.5. The Kier molecular flexibility index (Phi) is 4.64. The van der Waals surface area contributed by atoms with Crippen molar-refractivity contribution in [2.45, 2.75) is 63.6 Å². The molecule has 2 heterocycles. The summed E-state index contributed by atoms with van der Waals surface area (Å²) in [5, 5.41) is 7.68. The Bertz CT molecular complexity index is 551. The van der Waals surface area contributed by atoms with E-state index in [1.54, 1.807) is 11.3 Å². The van der Waals surface area contributed by atoms with E-state index in [9.17, 15) is 4.79 Å². The van der Waals surface area contributed by atoms with Crippen LogP contribution in [0.4, 0.5) is 0 Å². The highest BCUT2D eigenvalue weighted by atomic mass is 32.1. The van der Waals surface area contributed by atoms with Crippen molar-refractivity contribution in [1.82, 2.24) is 15.6 Å². The van der Waals surface area contributed by atoms with E-state index in [0.717, 1.165) is 50.3 Å². The molecule has 1 amide bonds. The van der Waals surface area contributed by atoms with Gasteiger partial charge in [0.2, 0.25) is 5.91 Å². The molecule has 6 heteroatoms. The Morgan fingerprint density at radius 3 is 3.17 bits per heavy atom. The number of hydrogen-bond acceptors (Lipinski definition) is 5. The lowest BCUT2D eigenvalue weighted by Gasteiger charge is -2.39. The fourth-order valence-corrected chi connectivity index (χ4v) is 5.13. The largest absolute Gasteiger partial charge is 0.375 e. The number of amides is 1. The van der Waals surface area contributed by atoms with E-state index in [4.69, 9.17) is 9.72 Å². The van der Waals surface area contributed by atoms with Gasteiger partial charge < -0.3 is 15.4 Å². The van der Waals surface area contributed by atoms with E-state index in [2.05, 4.69) is 10.6 Å². The summed E-state index contributed by atoms with van der Waals surface area (Å²) in [5.41, 5.74) is 1.27. The van der Waals surface area contributed by atoms with Gasteiger partial charge in [-0.3, -0.25) is 4.79 Å². The highest BCUT2D eigenvalue weighted by Gasteiger charge is 2.35. The number of carbonyl (C=O) groups is 1. The number of fused-ring (bicyclic) bond motifs is 2. The smallest absolute Gasteiger partial charge is 0.223 e. The van der Waals surface area contributed by atoms with E-state index in [0.29, 0.717) is 18.7 Å². The number of aromatic nitrogens is 1. The Hall–Kier alpha value is -0.980. The topological polar surface area (TPSA) is 63.2 Å². The minimum absolute atomic E-state index is 0.111. The van der Waals surface area contributed by atoms with Crippen LogP contribution in [0.5, 0.6) is 0 Å². The van der Waals surface area contributed by atoms with Crippen molar-refractivity contribution in [3.8, 4) is 0 Å². The molecule has 23 heavy (non-hydrogen) atoms. The summed E-state index contributed by atoms with van der Waals surface area (Å²) < 4.78 is 5.78. The quantitative estimate of drug-likeness (QED) is 0.884. The van der Waals surface area contributed by atoms with Gasteiger partial charge in [-0.05, 0) is 44.9 Å². The fourth-order valence-electron chi connectivity index (χ4n) is 4.04. The van der Waals surface area contributed by atoms with Gasteiger partial charge in [-0.25, -0.2) is 4.98 Å². The van der Waals surface area contributed by atoms with Gasteiger partial charge in [0.1, 0.15) is 5.01 Å². The van der Waals surface area contributed by atoms with Crippen LogP contribution in [0, 0.1) is 5.92 Å². The Balaban J connectivity index is 1.30. The zero-order valence-corrected chi connectivity index (χ0v) is 14.3. The molecule has 126 valence electrons. The van der Waals surface area contributed by atoms with Gasteiger partial charge in [-0.15, -0.1) is 11.3 Å². The van der Waals surface area contributed by atoms with Gasteiger partial charge in [0.25, 0.3) is 0 Å². The lowest BCUT2D eigenvalue weighted by molar-refractivity contribution is -0.128. The van der Waals surface area contributed by atoms with Crippen molar-refractivity contribution in [2.75, 3.05) is 13.2 Å². The van der Waals surface area contributed by atoms with Crippen LogP contribution in [-0.2, 0) is 28.9 Å². The van der Waals surface area contributed by atoms with Gasteiger partial charge in [-0.2, -0.15) is 0 Å². The van der Waals surface area contributed by atoms with Crippen molar-refractivity contribution in [2.24, 2.45) is 5.92 Å². The van der Waals surface area contributed by atoms with Crippen LogP contribution >= 0.6 is 11.3 Å². The minimum atomic E-state index is 0.111. The highest BCUT2D eigenvalue weighted by Crippen LogP contribution is 2.29. The minimum Gasteiger partial charge on any atom is -0.375 e. The van der Waals surface area contributed by atoms with Crippen LogP contribution < -0.4 is 10.6 Å². The Morgan fingerprint density at radius 1 is 1.35 bits per heavy atom. The number of hydrogen-bond donors (Lipinski definition) is 2. The number of aryl methyl sites for hydroxylation is 2. The van der Waals surface area contributed by atoms with Crippen LogP contribution in [-0.4, -0.2) is 36.2 Å². The first-order valence-electron chi connectivity index (χ1n) is 8.90. The molecule has 2 N–H and O–H groups in total. The van der Waals surface area contributed by atoms with Gasteiger partial charge in [0, 0.05) is 23.4 Å². The number of morpholine rings is 1. The van der Waals surface area contributed by atoms with Crippen LogP contribution in [0.25, 0.3) is 0 Å². The standard InChI is InChI=1S/C17H25N3O2S/c21-17(11-5-6-14-13(9-11)18-7-8-22-14)19-10-16-20-12-3-1-2-4-15(12)23-16/h11,13-14,18H,1-10H2,(H,19,21)/t11-,13+,14+/m0/s1. The molecule has 1 aromatic heterocycles. The molecule has 3 atom stereocenters. The van der Waals surface area contributed by atoms with Crippen molar-refractivity contribution in [1.29, 1.82) is 0 Å². The predicted octanol–water partition coefficient (Wildman–Crippen LogP) is 1.80. The summed E-state index contributed by atoms with van der Waals surface area (Å²) >= 11 is 1.78. The van der Waals surface area contributed by atoms with Gasteiger partial charge in [-0.1, -0.05) is 0 Å². The average molecular weight is 335 g/mol. The zero-order chi connectivity index (χ0) is 15.6. The molecule has 1 saturated heterocycles. The van der Waals surface area contributed by atoms with Crippen molar-refractivity contribution in [3.05, 3.63) is 15.6 Å². The molecule has 0 unspecified atom stereocenters. The summed E-state index contributed by atoms with van der Waals surface area (Å²) in [5.74, 6) is 0.295. The van der Waals surface area contributed by atoms with E-state index < -0.39 is 0 Å². The maximum Gasteiger partial charge on any atom is 0.223 e. The molecule has 1 aliphatic heterocycles. The molecule has 2 fully saturated rings. The molecule has 0 bridgehead atoms. The lowest BCUT2D eigenvalue weighted by atomic mass is 9.82. The number of thiazole rings is 1. The Morgan fingerprint density at radius 2 is 2.26 bits per heavy atom. The molecule has 2 aliphatic carbocycles. The van der Waals surface area contributed by atoms with E-state index in [-0.39, 0.29) is 11.8 Å². The second-order valence-corrected chi connectivity index (χ2v) is 8.05. The lowest BCUT2D eigenvalue weighted by Crippen LogP contribution is -2.53. The third-order valence-corrected chi connectivity index (χ3v) is 6.46. The van der Waals surface area contributed by atoms with Gasteiger partial charge in [0.05, 0.1) is 24.9 Å². The summed E-state index contributed by atoms with van der Waals surface area (Å²) in [6.45, 7) is 2.29. The predicted molar refractivity (Wildman–Crippen MR) is 89.5 cm³/mol. The Labute approximate surface area is 141 Å². The molecule has 0 aromatic carbocycles. The molecule has 4 rings (SSSR count). The number of carbonyl (C=O) groups excluding carboxylic acids is 1. The van der Waals surface area contributed by atoms with E-state index in [1.165, 1.54) is 23.4 Å². The molecule has 5 nitrogen and oxygen atoms in total. The SMILES string of the molecule is O=C(NCc1nc2c(s1)CCCC2)[C@H]1CC[C@H]2OCCN[C@@H]2C1. The third kappa shape index (κ3) is 3.44. The van der Waals surface area contributed by atoms with Gasteiger partial charge in [0.15, 0.2) is 0 Å². The fraction of sp³-hybridized carbons (Fsp3) is 0.765. The summed E-state index contributed by atoms with van der Waals surface area (Å²) in [7, 11) is 0. The number of nitrogens with one attached hydrogen (secondary N) is 2. The van der Waals surface area contributed by atoms with Gasteiger partial charge >= 0.3 is 0 Å². The zero-order valence-electron chi connectivity index (χ0n) is 13.5. The van der Waals surface area contributed by atoms with E-state index in [1.807, 2.05) is 0 Å². The molecular weight excluding hydrogens is 310 g/mol. The van der Waals surface area contributed by atoms with Crippen LogP contribution in [0.3, 0.4) is 0 Å². The first-order chi connectivity index (χ1) is 11.3. The maximum absolute atomic E-state index is 12.5. The van der Waals surface area contributed by atoms with Crippen LogP contribution in [0.1, 0.15) is 47.7 Å². The normalized spacial score (nSPS) is 30.3. The van der Waals surface area contributed by atoms with Crippen molar-refractivity contribution < 1.29 is 9.53 Å². The van der Waals surface area contributed by atoms with Crippen molar-refractivity contribution in [3.63, 3.8) is 0 Å². The second kappa shape index (κ2) is 6.87. The molecule has 0 radical (unpaired) electrons. The van der Waals surface area contributed by atoms with Crippen LogP contribution in [0.15, 0.2) is 0 Å². The third-order valence-electron chi connectivity index (χ3n) is 5.30. The monoisotopic (exact) mass is 335 g/mol. The molecule has 0 spiro atoms. The molecule has 3 aliphatic rings. The highest BCUT2D eigenvalue weighted by molar-refractivity contribution is 7.11. The second-order valence-electron chi connectivity index (χ2n) is 6.88.